The highest BCUT2D eigenvalue weighted by Crippen LogP contribution is 2.23. The van der Waals surface area contributed by atoms with Crippen LogP contribution >= 0.6 is 11.6 Å². The second kappa shape index (κ2) is 4.99. The third-order valence-electron chi connectivity index (χ3n) is 2.29. The zero-order chi connectivity index (χ0) is 11.4. The summed E-state index contributed by atoms with van der Waals surface area (Å²) in [7, 11) is 0. The largest absolute Gasteiger partial charge is 0.489 e. The van der Waals surface area contributed by atoms with Crippen LogP contribution in [0.15, 0.2) is 42.7 Å². The molecule has 2 rings (SSSR count). The molecule has 1 aromatic carbocycles. The number of halogens is 1. The number of ether oxygens (including phenoxy) is 1. The van der Waals surface area contributed by atoms with E-state index < -0.39 is 0 Å². The van der Waals surface area contributed by atoms with E-state index in [-0.39, 0.29) is 0 Å². The highest BCUT2D eigenvalue weighted by Gasteiger charge is 2.01. The topological polar surface area (TPSA) is 22.1 Å². The van der Waals surface area contributed by atoms with E-state index in [1.54, 1.807) is 12.4 Å². The summed E-state index contributed by atoms with van der Waals surface area (Å²) in [5.74, 6) is 0.823. The van der Waals surface area contributed by atoms with Gasteiger partial charge in [0.25, 0.3) is 0 Å². The Bertz CT molecular complexity index is 471. The van der Waals surface area contributed by atoms with E-state index >= 15 is 0 Å². The molecule has 0 unspecified atom stereocenters. The molecule has 0 radical (unpaired) electrons. The van der Waals surface area contributed by atoms with Crippen LogP contribution in [0.5, 0.6) is 5.75 Å². The van der Waals surface area contributed by atoms with Crippen LogP contribution in [0.3, 0.4) is 0 Å². The standard InChI is InChI=1S/C13H12ClNO/c1-10-2-3-12(14)8-13(10)16-9-11-4-6-15-7-5-11/h2-8H,9H2,1H3. The highest BCUT2D eigenvalue weighted by molar-refractivity contribution is 6.30. The summed E-state index contributed by atoms with van der Waals surface area (Å²) in [4.78, 5) is 3.96. The van der Waals surface area contributed by atoms with Crippen LogP contribution in [0.25, 0.3) is 0 Å². The number of aryl methyl sites for hydroxylation is 1. The molecular weight excluding hydrogens is 222 g/mol. The number of hydrogen-bond acceptors (Lipinski definition) is 2. The Morgan fingerprint density at radius 3 is 2.69 bits per heavy atom. The maximum Gasteiger partial charge on any atom is 0.124 e. The van der Waals surface area contributed by atoms with Gasteiger partial charge in [0.2, 0.25) is 0 Å². The average Bonchev–Trinajstić information content (AvgIpc) is 2.32. The van der Waals surface area contributed by atoms with Gasteiger partial charge in [-0.2, -0.15) is 0 Å². The molecule has 0 saturated carbocycles. The zero-order valence-corrected chi connectivity index (χ0v) is 9.74. The molecule has 82 valence electrons. The van der Waals surface area contributed by atoms with Crippen LogP contribution in [0.4, 0.5) is 0 Å². The predicted octanol–water partition coefficient (Wildman–Crippen LogP) is 3.62. The number of hydrogen-bond donors (Lipinski definition) is 0. The molecule has 0 bridgehead atoms. The van der Waals surface area contributed by atoms with Gasteiger partial charge in [-0.15, -0.1) is 0 Å². The van der Waals surface area contributed by atoms with Gasteiger partial charge in [0.15, 0.2) is 0 Å². The molecule has 0 fully saturated rings. The lowest BCUT2D eigenvalue weighted by Crippen LogP contribution is -1.96. The fraction of sp³-hybridized carbons (Fsp3) is 0.154. The van der Waals surface area contributed by atoms with Gasteiger partial charge in [-0.1, -0.05) is 17.7 Å². The molecule has 0 amide bonds. The average molecular weight is 234 g/mol. The third kappa shape index (κ3) is 2.74. The molecule has 0 aliphatic heterocycles. The maximum atomic E-state index is 5.91. The summed E-state index contributed by atoms with van der Waals surface area (Å²) in [6.45, 7) is 2.53. The number of rotatable bonds is 3. The van der Waals surface area contributed by atoms with Crippen molar-refractivity contribution >= 4 is 11.6 Å². The first-order valence-electron chi connectivity index (χ1n) is 5.03. The van der Waals surface area contributed by atoms with E-state index in [9.17, 15) is 0 Å². The third-order valence-corrected chi connectivity index (χ3v) is 2.53. The molecular formula is C13H12ClNO. The van der Waals surface area contributed by atoms with Crippen molar-refractivity contribution in [3.63, 3.8) is 0 Å². The molecule has 1 heterocycles. The summed E-state index contributed by atoms with van der Waals surface area (Å²) < 4.78 is 5.69. The predicted molar refractivity (Wildman–Crippen MR) is 64.8 cm³/mol. The summed E-state index contributed by atoms with van der Waals surface area (Å²) >= 11 is 5.91. The van der Waals surface area contributed by atoms with Crippen LogP contribution in [0.1, 0.15) is 11.1 Å². The Balaban J connectivity index is 2.08. The Hall–Kier alpha value is -1.54. The fourth-order valence-electron chi connectivity index (χ4n) is 1.37. The Kier molecular flexibility index (Phi) is 3.42. The van der Waals surface area contributed by atoms with E-state index in [0.717, 1.165) is 16.9 Å². The van der Waals surface area contributed by atoms with Gasteiger partial charge < -0.3 is 4.74 Å². The monoisotopic (exact) mass is 233 g/mol. The van der Waals surface area contributed by atoms with Gasteiger partial charge in [0, 0.05) is 17.4 Å². The molecule has 2 nitrogen and oxygen atoms in total. The molecule has 16 heavy (non-hydrogen) atoms. The van der Waals surface area contributed by atoms with Crippen LogP contribution in [0, 0.1) is 6.92 Å². The first-order chi connectivity index (χ1) is 7.75. The second-order valence-corrected chi connectivity index (χ2v) is 3.99. The quantitative estimate of drug-likeness (QED) is 0.808. The van der Waals surface area contributed by atoms with Crippen molar-refractivity contribution in [2.75, 3.05) is 0 Å². The lowest BCUT2D eigenvalue weighted by molar-refractivity contribution is 0.304. The van der Waals surface area contributed by atoms with Crippen molar-refractivity contribution in [2.24, 2.45) is 0 Å². The molecule has 2 aromatic rings. The summed E-state index contributed by atoms with van der Waals surface area (Å²) in [6, 6.07) is 9.50. The van der Waals surface area contributed by atoms with Gasteiger partial charge in [-0.05, 0) is 42.3 Å². The Morgan fingerprint density at radius 1 is 1.19 bits per heavy atom. The molecule has 3 heteroatoms. The van der Waals surface area contributed by atoms with Gasteiger partial charge in [0.1, 0.15) is 12.4 Å². The van der Waals surface area contributed by atoms with Gasteiger partial charge >= 0.3 is 0 Å². The molecule has 0 aliphatic rings. The fourth-order valence-corrected chi connectivity index (χ4v) is 1.53. The zero-order valence-electron chi connectivity index (χ0n) is 8.98. The van der Waals surface area contributed by atoms with Gasteiger partial charge in [0.05, 0.1) is 0 Å². The number of benzene rings is 1. The highest BCUT2D eigenvalue weighted by atomic mass is 35.5. The molecule has 0 atom stereocenters. The number of nitrogens with zero attached hydrogens (tertiary/aromatic N) is 1. The minimum absolute atomic E-state index is 0.531. The van der Waals surface area contributed by atoms with E-state index in [4.69, 9.17) is 16.3 Å². The van der Waals surface area contributed by atoms with Crippen molar-refractivity contribution in [1.82, 2.24) is 4.98 Å². The number of aromatic nitrogens is 1. The Labute approximate surface area is 99.9 Å². The van der Waals surface area contributed by atoms with E-state index in [2.05, 4.69) is 4.98 Å². The van der Waals surface area contributed by atoms with Gasteiger partial charge in [-0.25, -0.2) is 0 Å². The lowest BCUT2D eigenvalue weighted by atomic mass is 10.2. The second-order valence-electron chi connectivity index (χ2n) is 3.55. The maximum absolute atomic E-state index is 5.91. The lowest BCUT2D eigenvalue weighted by Gasteiger charge is -2.09. The molecule has 0 saturated heterocycles. The van der Waals surface area contributed by atoms with Crippen LogP contribution < -0.4 is 4.74 Å². The van der Waals surface area contributed by atoms with Crippen molar-refractivity contribution in [1.29, 1.82) is 0 Å². The summed E-state index contributed by atoms with van der Waals surface area (Å²) in [5, 5.41) is 0.690. The SMILES string of the molecule is Cc1ccc(Cl)cc1OCc1ccncc1. The van der Waals surface area contributed by atoms with Crippen molar-refractivity contribution in [3.8, 4) is 5.75 Å². The minimum Gasteiger partial charge on any atom is -0.489 e. The summed E-state index contributed by atoms with van der Waals surface area (Å²) in [6.07, 6.45) is 3.51. The summed E-state index contributed by atoms with van der Waals surface area (Å²) in [5.41, 5.74) is 2.17. The molecule has 0 aliphatic carbocycles. The van der Waals surface area contributed by atoms with Crippen molar-refractivity contribution in [3.05, 3.63) is 58.9 Å². The van der Waals surface area contributed by atoms with Gasteiger partial charge in [-0.3, -0.25) is 4.98 Å². The van der Waals surface area contributed by atoms with Crippen molar-refractivity contribution < 1.29 is 4.74 Å². The van der Waals surface area contributed by atoms with Crippen LogP contribution in [-0.2, 0) is 6.61 Å². The van der Waals surface area contributed by atoms with Crippen LogP contribution in [0.2, 0.25) is 5.02 Å². The Morgan fingerprint density at radius 2 is 1.94 bits per heavy atom. The van der Waals surface area contributed by atoms with E-state index in [0.29, 0.717) is 11.6 Å². The smallest absolute Gasteiger partial charge is 0.124 e. The normalized spacial score (nSPS) is 10.1. The molecule has 0 N–H and O–H groups in total. The molecule has 1 aromatic heterocycles. The van der Waals surface area contributed by atoms with E-state index in [1.165, 1.54) is 0 Å². The van der Waals surface area contributed by atoms with Crippen molar-refractivity contribution in [2.45, 2.75) is 13.5 Å². The van der Waals surface area contributed by atoms with E-state index in [1.807, 2.05) is 37.3 Å². The number of pyridine rings is 1. The first-order valence-corrected chi connectivity index (χ1v) is 5.41. The minimum atomic E-state index is 0.531. The molecule has 0 spiro atoms. The van der Waals surface area contributed by atoms with Crippen LogP contribution in [-0.4, -0.2) is 4.98 Å². The first kappa shape index (κ1) is 11.0.